The molecule has 1 fully saturated rings. The summed E-state index contributed by atoms with van der Waals surface area (Å²) < 4.78 is 0. The van der Waals surface area contributed by atoms with Gasteiger partial charge >= 0.3 is 0 Å². The van der Waals surface area contributed by atoms with Gasteiger partial charge in [0.1, 0.15) is 5.92 Å². The first-order valence-corrected chi connectivity index (χ1v) is 10.3. The van der Waals surface area contributed by atoms with Crippen molar-refractivity contribution < 1.29 is 19.4 Å². The van der Waals surface area contributed by atoms with Gasteiger partial charge in [-0.3, -0.25) is 29.8 Å². The van der Waals surface area contributed by atoms with E-state index < -0.39 is 21.5 Å². The summed E-state index contributed by atoms with van der Waals surface area (Å²) >= 11 is 1.27. The molecule has 10 heteroatoms. The molecule has 154 valence electrons. The Hall–Kier alpha value is -3.79. The van der Waals surface area contributed by atoms with E-state index in [1.807, 2.05) is 0 Å². The standard InChI is InChI=1S/C21H13N3O6S/c25-19-13-3-1-2-4-14(13)20(26)17-16(19)15(11-5-7-12(8-6-11)23(27)28)18(24(29)30)21-22(17)9-10-31-21/h1-8,15H,9-10H2. The number of nitrogens with zero attached hydrogens (tertiary/aromatic N) is 3. The molecule has 0 spiro atoms. The highest BCUT2D eigenvalue weighted by atomic mass is 32.2. The van der Waals surface area contributed by atoms with Crippen LogP contribution in [0.5, 0.6) is 0 Å². The first kappa shape index (κ1) is 19.2. The number of fused-ring (bicyclic) bond motifs is 3. The molecule has 1 atom stereocenters. The Morgan fingerprint density at radius 1 is 0.903 bits per heavy atom. The molecular formula is C21H13N3O6S. The smallest absolute Gasteiger partial charge is 0.288 e. The van der Waals surface area contributed by atoms with Crippen LogP contribution < -0.4 is 0 Å². The summed E-state index contributed by atoms with van der Waals surface area (Å²) in [7, 11) is 0. The molecule has 1 saturated heterocycles. The summed E-state index contributed by atoms with van der Waals surface area (Å²) in [6.07, 6.45) is 0. The number of Topliss-reactive ketones (excluding diaryl/α,β-unsaturated/α-hetero) is 2. The fraction of sp³-hybridized carbons (Fsp3) is 0.143. The fourth-order valence-electron chi connectivity index (χ4n) is 4.31. The maximum atomic E-state index is 13.5. The van der Waals surface area contributed by atoms with Gasteiger partial charge in [-0.15, -0.1) is 0 Å². The molecule has 2 heterocycles. The summed E-state index contributed by atoms with van der Waals surface area (Å²) in [5.74, 6) is -1.35. The number of hydrogen-bond acceptors (Lipinski definition) is 8. The van der Waals surface area contributed by atoms with Crippen LogP contribution in [0.4, 0.5) is 5.69 Å². The molecule has 5 rings (SSSR count). The second-order valence-electron chi connectivity index (χ2n) is 7.20. The molecule has 31 heavy (non-hydrogen) atoms. The van der Waals surface area contributed by atoms with Crippen LogP contribution >= 0.6 is 11.8 Å². The SMILES string of the molecule is O=C1C2=C(C(=O)c3ccccc31)N1CCSC1=C([N+](=O)[O-])C2c1ccc([N+](=O)[O-])cc1. The van der Waals surface area contributed by atoms with E-state index in [2.05, 4.69) is 0 Å². The maximum Gasteiger partial charge on any atom is 0.288 e. The highest BCUT2D eigenvalue weighted by molar-refractivity contribution is 8.03. The molecule has 0 radical (unpaired) electrons. The predicted octanol–water partition coefficient (Wildman–Crippen LogP) is 3.52. The van der Waals surface area contributed by atoms with Gasteiger partial charge in [-0.05, 0) is 5.56 Å². The van der Waals surface area contributed by atoms with Crippen molar-refractivity contribution in [2.75, 3.05) is 12.3 Å². The summed E-state index contributed by atoms with van der Waals surface area (Å²) in [6.45, 7) is 0.379. The van der Waals surface area contributed by atoms with Crippen molar-refractivity contribution in [2.24, 2.45) is 0 Å². The Balaban J connectivity index is 1.78. The number of benzene rings is 2. The zero-order valence-electron chi connectivity index (χ0n) is 15.8. The average Bonchev–Trinajstić information content (AvgIpc) is 3.25. The molecule has 0 saturated carbocycles. The second-order valence-corrected chi connectivity index (χ2v) is 8.28. The first-order valence-electron chi connectivity index (χ1n) is 9.36. The van der Waals surface area contributed by atoms with Gasteiger partial charge in [-0.1, -0.05) is 48.2 Å². The third-order valence-electron chi connectivity index (χ3n) is 5.62. The lowest BCUT2D eigenvalue weighted by atomic mass is 9.75. The van der Waals surface area contributed by atoms with Gasteiger partial charge in [0.25, 0.3) is 11.4 Å². The molecule has 0 bridgehead atoms. The van der Waals surface area contributed by atoms with Crippen molar-refractivity contribution in [3.8, 4) is 0 Å². The van der Waals surface area contributed by atoms with Gasteiger partial charge in [0.15, 0.2) is 10.8 Å². The predicted molar refractivity (Wildman–Crippen MR) is 111 cm³/mol. The first-order chi connectivity index (χ1) is 14.9. The number of carbonyl (C=O) groups is 2. The lowest BCUT2D eigenvalue weighted by molar-refractivity contribution is -0.430. The van der Waals surface area contributed by atoms with E-state index in [-0.39, 0.29) is 39.6 Å². The van der Waals surface area contributed by atoms with Crippen molar-refractivity contribution in [2.45, 2.75) is 5.92 Å². The maximum absolute atomic E-state index is 13.5. The molecule has 9 nitrogen and oxygen atoms in total. The molecule has 2 aromatic rings. The Bertz CT molecular complexity index is 1260. The van der Waals surface area contributed by atoms with E-state index >= 15 is 0 Å². The summed E-state index contributed by atoms with van der Waals surface area (Å²) in [5, 5.41) is 23.5. The largest absolute Gasteiger partial charge is 0.326 e. The lowest BCUT2D eigenvalue weighted by Crippen LogP contribution is -2.39. The van der Waals surface area contributed by atoms with E-state index in [4.69, 9.17) is 0 Å². The number of nitro groups is 2. The highest BCUT2D eigenvalue weighted by Gasteiger charge is 2.51. The number of nitro benzene ring substituents is 1. The minimum atomic E-state index is -1.10. The van der Waals surface area contributed by atoms with Gasteiger partial charge in [-0.25, -0.2) is 0 Å². The van der Waals surface area contributed by atoms with Crippen LogP contribution in [-0.4, -0.2) is 38.6 Å². The monoisotopic (exact) mass is 435 g/mol. The molecule has 1 unspecified atom stereocenters. The third kappa shape index (κ3) is 2.72. The normalized spacial score (nSPS) is 19.9. The van der Waals surface area contributed by atoms with E-state index in [1.54, 1.807) is 23.1 Å². The molecule has 0 amide bonds. The van der Waals surface area contributed by atoms with Gasteiger partial charge in [0.2, 0.25) is 5.78 Å². The van der Waals surface area contributed by atoms with Gasteiger partial charge < -0.3 is 4.90 Å². The zero-order valence-corrected chi connectivity index (χ0v) is 16.6. The third-order valence-corrected chi connectivity index (χ3v) is 6.70. The van der Waals surface area contributed by atoms with Crippen LogP contribution in [0.1, 0.15) is 32.2 Å². The van der Waals surface area contributed by atoms with Crippen molar-refractivity contribution in [3.63, 3.8) is 0 Å². The van der Waals surface area contributed by atoms with Crippen LogP contribution in [0.15, 0.2) is 70.5 Å². The Kier molecular flexibility index (Phi) is 4.26. The molecule has 2 aromatic carbocycles. The van der Waals surface area contributed by atoms with Crippen LogP contribution in [0.3, 0.4) is 0 Å². The summed E-state index contributed by atoms with van der Waals surface area (Å²) in [4.78, 5) is 50.6. The van der Waals surface area contributed by atoms with Gasteiger partial charge in [0.05, 0.1) is 15.5 Å². The summed E-state index contributed by atoms with van der Waals surface area (Å²) in [6, 6.07) is 11.7. The Morgan fingerprint density at radius 3 is 2.16 bits per heavy atom. The van der Waals surface area contributed by atoms with Crippen LogP contribution in [0.2, 0.25) is 0 Å². The average molecular weight is 435 g/mol. The van der Waals surface area contributed by atoms with Crippen LogP contribution in [0.25, 0.3) is 0 Å². The molecule has 1 aliphatic carbocycles. The zero-order chi connectivity index (χ0) is 21.9. The topological polar surface area (TPSA) is 124 Å². The number of thioether (sulfide) groups is 1. The minimum Gasteiger partial charge on any atom is -0.326 e. The van der Waals surface area contributed by atoms with E-state index in [0.717, 1.165) is 0 Å². The van der Waals surface area contributed by atoms with E-state index in [1.165, 1.54) is 42.1 Å². The number of carbonyl (C=O) groups excluding carboxylic acids is 2. The number of rotatable bonds is 3. The van der Waals surface area contributed by atoms with E-state index in [9.17, 15) is 29.8 Å². The molecule has 2 aliphatic heterocycles. The Morgan fingerprint density at radius 2 is 1.55 bits per heavy atom. The van der Waals surface area contributed by atoms with Crippen LogP contribution in [0, 0.1) is 20.2 Å². The lowest BCUT2D eigenvalue weighted by Gasteiger charge is -2.35. The van der Waals surface area contributed by atoms with Gasteiger partial charge in [0, 0.05) is 41.1 Å². The fourth-order valence-corrected chi connectivity index (χ4v) is 5.46. The Labute approximate surface area is 179 Å². The number of hydrogen-bond donors (Lipinski definition) is 0. The van der Waals surface area contributed by atoms with Crippen LogP contribution in [-0.2, 0) is 0 Å². The van der Waals surface area contributed by atoms with Crippen molar-refractivity contribution in [1.82, 2.24) is 4.90 Å². The molecule has 3 aliphatic rings. The minimum absolute atomic E-state index is 0.0514. The quantitative estimate of drug-likeness (QED) is 0.530. The molecular weight excluding hydrogens is 422 g/mol. The van der Waals surface area contributed by atoms with Crippen molar-refractivity contribution in [3.05, 3.63) is 107 Å². The van der Waals surface area contributed by atoms with Crippen molar-refractivity contribution in [1.29, 1.82) is 0 Å². The second kappa shape index (κ2) is 6.88. The molecule has 0 aromatic heterocycles. The van der Waals surface area contributed by atoms with Crippen molar-refractivity contribution >= 4 is 29.0 Å². The van der Waals surface area contributed by atoms with E-state index in [0.29, 0.717) is 22.9 Å². The number of allylic oxidation sites excluding steroid dienone is 2. The van der Waals surface area contributed by atoms with Gasteiger partial charge in [-0.2, -0.15) is 0 Å². The number of ketones is 2. The molecule has 0 N–H and O–H groups in total. The summed E-state index contributed by atoms with van der Waals surface area (Å²) in [5.41, 5.74) is 0.691. The highest BCUT2D eigenvalue weighted by Crippen LogP contribution is 2.51. The number of non-ortho nitro benzene ring substituents is 1.